The van der Waals surface area contributed by atoms with Gasteiger partial charge in [0.1, 0.15) is 6.10 Å². The van der Waals surface area contributed by atoms with Crippen molar-refractivity contribution >= 4 is 41.8 Å². The summed E-state index contributed by atoms with van der Waals surface area (Å²) in [4.78, 5) is 25.0. The van der Waals surface area contributed by atoms with Gasteiger partial charge in [-0.25, -0.2) is 9.06 Å². The van der Waals surface area contributed by atoms with Gasteiger partial charge in [-0.3, -0.25) is 14.5 Å². The zero-order valence-electron chi connectivity index (χ0n) is 24.4. The highest BCUT2D eigenvalue weighted by molar-refractivity contribution is 8.77. The van der Waals surface area contributed by atoms with E-state index in [9.17, 15) is 9.59 Å². The van der Waals surface area contributed by atoms with E-state index < -0.39 is 39.0 Å². The van der Waals surface area contributed by atoms with Crippen molar-refractivity contribution in [1.29, 1.82) is 0 Å². The zero-order chi connectivity index (χ0) is 28.5. The third kappa shape index (κ3) is 10.7. The van der Waals surface area contributed by atoms with Crippen molar-refractivity contribution < 1.29 is 29.1 Å². The Bertz CT molecular complexity index is 781. The summed E-state index contributed by atoms with van der Waals surface area (Å²) in [6.07, 6.45) is 1.60. The highest BCUT2D eigenvalue weighted by Gasteiger charge is 2.50. The van der Waals surface area contributed by atoms with E-state index in [-0.39, 0.29) is 35.9 Å². The third-order valence-electron chi connectivity index (χ3n) is 5.67. The molecule has 1 amide bonds. The Morgan fingerprint density at radius 1 is 1.22 bits per heavy atom. The molecule has 0 spiro atoms. The first-order chi connectivity index (χ1) is 17.9. The number of amides is 1. The van der Waals surface area contributed by atoms with Gasteiger partial charge >= 0.3 is 0 Å². The van der Waals surface area contributed by atoms with Crippen molar-refractivity contribution in [3.05, 3.63) is 12.3 Å². The molecule has 2 aliphatic heterocycles. The number of hydrogen-bond donors (Lipinski definition) is 0. The average molecular weight is 582 g/mol. The number of allylic oxidation sites excluding steroid dienone is 1. The average Bonchev–Trinajstić information content (AvgIpc) is 3.11. The van der Waals surface area contributed by atoms with Gasteiger partial charge in [-0.1, -0.05) is 55.2 Å². The SMILES string of the molecule is [2H]CC1OC(N2C=CC(=O)CC2=O)C(F)C1OP(OCCCCCCSSC(C)(C)C)N(C(C)C)C(C)C. The molecule has 2 heterocycles. The summed E-state index contributed by atoms with van der Waals surface area (Å²) in [7, 11) is 2.22. The van der Waals surface area contributed by atoms with Crippen LogP contribution in [0.15, 0.2) is 12.3 Å². The number of carbonyl (C=O) groups is 2. The van der Waals surface area contributed by atoms with Crippen LogP contribution in [-0.2, 0) is 23.4 Å². The fourth-order valence-electron chi connectivity index (χ4n) is 4.02. The summed E-state index contributed by atoms with van der Waals surface area (Å²) < 4.78 is 44.3. The molecule has 2 aliphatic rings. The van der Waals surface area contributed by atoms with E-state index in [1.54, 1.807) is 0 Å². The van der Waals surface area contributed by atoms with Crippen LogP contribution in [0.2, 0.25) is 0 Å². The van der Waals surface area contributed by atoms with Gasteiger partial charge in [0.2, 0.25) is 5.91 Å². The van der Waals surface area contributed by atoms with Crippen LogP contribution in [-0.4, -0.2) is 75.1 Å². The number of ether oxygens (including phenoxy) is 1. The minimum absolute atomic E-state index is 0.0988. The molecule has 2 rings (SSSR count). The summed E-state index contributed by atoms with van der Waals surface area (Å²) in [5.74, 6) is 0.286. The fraction of sp³-hybridized carbons (Fsp3) is 0.846. The molecule has 1 saturated heterocycles. The molecule has 0 aromatic heterocycles. The van der Waals surface area contributed by atoms with E-state index in [0.717, 1.165) is 36.3 Å². The fourth-order valence-corrected chi connectivity index (χ4v) is 8.25. The molecular formula is C26H46FN2O5PS2. The van der Waals surface area contributed by atoms with E-state index in [2.05, 4.69) is 25.4 Å². The van der Waals surface area contributed by atoms with Gasteiger partial charge in [0.15, 0.2) is 18.2 Å². The number of rotatable bonds is 15. The van der Waals surface area contributed by atoms with Crippen LogP contribution in [0.4, 0.5) is 4.39 Å². The van der Waals surface area contributed by atoms with Crippen LogP contribution in [0.3, 0.4) is 0 Å². The maximum absolute atomic E-state index is 15.7. The molecule has 214 valence electrons. The molecule has 0 saturated carbocycles. The number of alkyl halides is 1. The molecule has 0 bridgehead atoms. The molecule has 1 fully saturated rings. The third-order valence-corrected chi connectivity index (χ3v) is 11.2. The molecule has 0 N–H and O–H groups in total. The second-order valence-corrected chi connectivity index (χ2v) is 15.6. The van der Waals surface area contributed by atoms with Gasteiger partial charge in [-0.05, 0) is 53.5 Å². The maximum atomic E-state index is 15.7. The molecule has 7 nitrogen and oxygen atoms in total. The first-order valence-electron chi connectivity index (χ1n) is 13.9. The maximum Gasteiger partial charge on any atom is 0.259 e. The number of hydrogen-bond acceptors (Lipinski definition) is 8. The molecule has 0 aromatic rings. The second-order valence-electron chi connectivity index (χ2n) is 10.9. The van der Waals surface area contributed by atoms with Crippen molar-refractivity contribution in [1.82, 2.24) is 9.57 Å². The van der Waals surface area contributed by atoms with Gasteiger partial charge in [-0.15, -0.1) is 0 Å². The summed E-state index contributed by atoms with van der Waals surface area (Å²) >= 11 is 0. The van der Waals surface area contributed by atoms with Gasteiger partial charge in [0, 0.05) is 30.2 Å². The normalized spacial score (nSPS) is 26.1. The number of nitrogens with zero attached hydrogens (tertiary/aromatic N) is 2. The van der Waals surface area contributed by atoms with Gasteiger partial charge < -0.3 is 13.8 Å². The molecule has 5 atom stereocenters. The van der Waals surface area contributed by atoms with Crippen molar-refractivity contribution in [2.45, 2.75) is 129 Å². The molecule has 5 unspecified atom stereocenters. The van der Waals surface area contributed by atoms with E-state index in [1.165, 1.54) is 12.3 Å². The van der Waals surface area contributed by atoms with Gasteiger partial charge in [-0.2, -0.15) is 0 Å². The van der Waals surface area contributed by atoms with Crippen LogP contribution in [0, 0.1) is 0 Å². The number of ketones is 1. The van der Waals surface area contributed by atoms with Crippen LogP contribution in [0.1, 0.15) is 88.8 Å². The van der Waals surface area contributed by atoms with Crippen molar-refractivity contribution in [3.63, 3.8) is 0 Å². The van der Waals surface area contributed by atoms with Crippen LogP contribution in [0.25, 0.3) is 0 Å². The van der Waals surface area contributed by atoms with E-state index >= 15 is 4.39 Å². The molecule has 37 heavy (non-hydrogen) atoms. The Morgan fingerprint density at radius 3 is 2.49 bits per heavy atom. The minimum atomic E-state index is -1.68. The Balaban J connectivity index is 1.97. The van der Waals surface area contributed by atoms with E-state index in [1.807, 2.05) is 49.3 Å². The smallest absolute Gasteiger partial charge is 0.259 e. The Kier molecular flexibility index (Phi) is 13.1. The highest BCUT2D eigenvalue weighted by atomic mass is 33.1. The summed E-state index contributed by atoms with van der Waals surface area (Å²) in [5, 5.41) is 0. The van der Waals surface area contributed by atoms with E-state index in [0.29, 0.717) is 6.61 Å². The molecule has 0 aromatic carbocycles. The number of halogens is 1. The summed E-state index contributed by atoms with van der Waals surface area (Å²) in [6.45, 7) is 15.1. The standard InChI is InChI=1S/C26H46FN2O5PS2/c1-18(2)29(19(3)4)35(32-15-11-9-10-12-16-36-37-26(6,7)8)34-24-20(5)33-25(23(24)27)28-14-13-21(30)17-22(28)31/h13-14,18-20,23-25H,9-12,15-17H2,1-8H3/i5D. The van der Waals surface area contributed by atoms with Crippen molar-refractivity contribution in [2.75, 3.05) is 12.4 Å². The van der Waals surface area contributed by atoms with Crippen LogP contribution < -0.4 is 0 Å². The first-order valence-corrected chi connectivity index (χ1v) is 16.6. The second kappa shape index (κ2) is 15.5. The lowest BCUT2D eigenvalue weighted by atomic mass is 10.1. The predicted octanol–water partition coefficient (Wildman–Crippen LogP) is 6.87. The lowest BCUT2D eigenvalue weighted by molar-refractivity contribution is -0.145. The van der Waals surface area contributed by atoms with Crippen LogP contribution >= 0.6 is 30.1 Å². The lowest BCUT2D eigenvalue weighted by Gasteiger charge is -2.37. The van der Waals surface area contributed by atoms with Gasteiger partial charge in [0.05, 0.1) is 19.1 Å². The van der Waals surface area contributed by atoms with Crippen LogP contribution in [0.5, 0.6) is 0 Å². The lowest BCUT2D eigenvalue weighted by Crippen LogP contribution is -2.45. The Labute approximate surface area is 233 Å². The topological polar surface area (TPSA) is 68.3 Å². The molecule has 0 aliphatic carbocycles. The number of unbranched alkanes of at least 4 members (excludes halogenated alkanes) is 3. The number of carbonyl (C=O) groups excluding carboxylic acids is 2. The molecule has 11 heteroatoms. The molecule has 0 radical (unpaired) electrons. The summed E-state index contributed by atoms with van der Waals surface area (Å²) in [5.41, 5.74) is 0. The van der Waals surface area contributed by atoms with Crippen molar-refractivity contribution in [3.8, 4) is 0 Å². The van der Waals surface area contributed by atoms with Crippen molar-refractivity contribution in [2.24, 2.45) is 0 Å². The summed E-state index contributed by atoms with van der Waals surface area (Å²) in [6, 6.07) is 0.198. The zero-order valence-corrected chi connectivity index (χ0v) is 25.9. The molecular weight excluding hydrogens is 534 g/mol. The Hall–Kier alpha value is -0.220. The quantitative estimate of drug-likeness (QED) is 0.0898. The largest absolute Gasteiger partial charge is 0.349 e. The first kappa shape index (κ1) is 31.3. The monoisotopic (exact) mass is 581 g/mol. The highest BCUT2D eigenvalue weighted by Crippen LogP contribution is 2.50. The van der Waals surface area contributed by atoms with Gasteiger partial charge in [0.25, 0.3) is 8.53 Å². The Morgan fingerprint density at radius 2 is 1.89 bits per heavy atom. The predicted molar refractivity (Wildman–Crippen MR) is 153 cm³/mol. The minimum Gasteiger partial charge on any atom is -0.349 e. The van der Waals surface area contributed by atoms with E-state index in [4.69, 9.17) is 15.2 Å².